The summed E-state index contributed by atoms with van der Waals surface area (Å²) in [5.74, 6) is -0.905. The Kier molecular flexibility index (Phi) is 4.22. The number of amides is 1. The highest BCUT2D eigenvalue weighted by molar-refractivity contribution is 7.90. The van der Waals surface area contributed by atoms with Gasteiger partial charge in [0, 0.05) is 19.1 Å². The van der Waals surface area contributed by atoms with Gasteiger partial charge in [-0.3, -0.25) is 9.59 Å². The van der Waals surface area contributed by atoms with Crippen LogP contribution in [0.4, 0.5) is 18.9 Å². The molecule has 1 aromatic heterocycles. The summed E-state index contributed by atoms with van der Waals surface area (Å²) < 4.78 is 65.3. The molecule has 2 saturated heterocycles. The Balaban J connectivity index is 1.88. The molecule has 1 amide bonds. The molecule has 1 aromatic rings. The predicted molar refractivity (Wildman–Crippen MR) is 87.0 cm³/mol. The molecule has 0 saturated carbocycles. The molecule has 3 heterocycles. The molecule has 2 atom stereocenters. The van der Waals surface area contributed by atoms with Crippen LogP contribution in [-0.2, 0) is 28.0 Å². The fourth-order valence-electron chi connectivity index (χ4n) is 3.75. The minimum Gasteiger partial charge on any atom is -0.320 e. The third-order valence-corrected chi connectivity index (χ3v) is 7.45. The Morgan fingerprint density at radius 3 is 2.58 bits per heavy atom. The van der Waals surface area contributed by atoms with Gasteiger partial charge in [0.1, 0.15) is 11.4 Å². The number of aromatic nitrogens is 1. The maximum Gasteiger partial charge on any atom is 0.431 e. The summed E-state index contributed by atoms with van der Waals surface area (Å²) in [5, 5.41) is 0.827. The van der Waals surface area contributed by atoms with Crippen LogP contribution in [0.2, 0.25) is 0 Å². The van der Waals surface area contributed by atoms with Crippen LogP contribution in [0.5, 0.6) is 0 Å². The molecule has 0 unspecified atom stereocenters. The van der Waals surface area contributed by atoms with Crippen LogP contribution in [-0.4, -0.2) is 40.5 Å². The average Bonchev–Trinajstić information content (AvgIpc) is 2.98. The molecule has 0 aromatic carbocycles. The van der Waals surface area contributed by atoms with Crippen molar-refractivity contribution >= 4 is 21.6 Å². The van der Waals surface area contributed by atoms with E-state index in [0.29, 0.717) is 30.0 Å². The lowest BCUT2D eigenvalue weighted by molar-refractivity contribution is -0.143. The monoisotopic (exact) mass is 393 g/mol. The van der Waals surface area contributed by atoms with Gasteiger partial charge in [0.15, 0.2) is 5.25 Å². The molecule has 11 heteroatoms. The van der Waals surface area contributed by atoms with E-state index in [0.717, 1.165) is 13.1 Å². The Bertz CT molecular complexity index is 925. The summed E-state index contributed by atoms with van der Waals surface area (Å²) in [4.78, 5) is 24.6. The van der Waals surface area contributed by atoms with Gasteiger partial charge in [-0.2, -0.15) is 17.5 Å². The standard InChI is InChI=1S/C15H18F3N3O4S/c1-14-6-3-7-21(14)26(24,25)10(8-14)12(22)19-9-4-5-11(15(16,17)18)20(2)13(9)23/h4-5,10H,3,6-8H2,1-2H3,(H,19,22)/t10-,14+/m0/s1. The Hall–Kier alpha value is -1.88. The lowest BCUT2D eigenvalue weighted by atomic mass is 9.94. The number of alkyl halides is 3. The molecule has 3 rings (SSSR count). The Labute approximate surface area is 147 Å². The van der Waals surface area contributed by atoms with Crippen molar-refractivity contribution in [3.63, 3.8) is 0 Å². The lowest BCUT2D eigenvalue weighted by Gasteiger charge is -2.24. The van der Waals surface area contributed by atoms with Crippen molar-refractivity contribution < 1.29 is 26.4 Å². The average molecular weight is 393 g/mol. The van der Waals surface area contributed by atoms with Crippen LogP contribution in [0.15, 0.2) is 16.9 Å². The van der Waals surface area contributed by atoms with Crippen molar-refractivity contribution in [1.29, 1.82) is 0 Å². The number of rotatable bonds is 2. The van der Waals surface area contributed by atoms with Crippen molar-refractivity contribution in [2.45, 2.75) is 43.2 Å². The number of pyridine rings is 1. The number of carbonyl (C=O) groups is 1. The second kappa shape index (κ2) is 5.81. The number of fused-ring (bicyclic) bond motifs is 1. The van der Waals surface area contributed by atoms with E-state index < -0.39 is 49.8 Å². The fraction of sp³-hybridized carbons (Fsp3) is 0.600. The first-order chi connectivity index (χ1) is 11.9. The minimum atomic E-state index is -4.72. The SMILES string of the molecule is Cn1c(C(F)(F)F)ccc(NC(=O)[C@@H]2C[C@@]3(C)CCCN3S2(=O)=O)c1=O. The van der Waals surface area contributed by atoms with Crippen LogP contribution in [0, 0.1) is 0 Å². The molecule has 7 nitrogen and oxygen atoms in total. The molecule has 144 valence electrons. The van der Waals surface area contributed by atoms with Crippen molar-refractivity contribution in [2.75, 3.05) is 11.9 Å². The fourth-order valence-corrected chi connectivity index (χ4v) is 6.12. The molecule has 0 spiro atoms. The first-order valence-electron chi connectivity index (χ1n) is 7.98. The van der Waals surface area contributed by atoms with Gasteiger partial charge in [0.25, 0.3) is 5.56 Å². The highest BCUT2D eigenvalue weighted by atomic mass is 32.2. The number of carbonyl (C=O) groups excluding carboxylic acids is 1. The van der Waals surface area contributed by atoms with Crippen LogP contribution in [0.1, 0.15) is 31.9 Å². The molecule has 26 heavy (non-hydrogen) atoms. The second-order valence-corrected chi connectivity index (χ2v) is 8.93. The summed E-state index contributed by atoms with van der Waals surface area (Å²) in [5.41, 5.74) is -3.25. The molecule has 0 radical (unpaired) electrons. The first-order valence-corrected chi connectivity index (χ1v) is 9.48. The van der Waals surface area contributed by atoms with Gasteiger partial charge < -0.3 is 9.88 Å². The Morgan fingerprint density at radius 2 is 2.00 bits per heavy atom. The van der Waals surface area contributed by atoms with Gasteiger partial charge >= 0.3 is 6.18 Å². The van der Waals surface area contributed by atoms with Crippen LogP contribution < -0.4 is 10.9 Å². The van der Waals surface area contributed by atoms with Gasteiger partial charge in [0.05, 0.1) is 0 Å². The number of nitrogens with one attached hydrogen (secondary N) is 1. The van der Waals surface area contributed by atoms with Crippen molar-refractivity contribution in [3.8, 4) is 0 Å². The van der Waals surface area contributed by atoms with Gasteiger partial charge in [-0.15, -0.1) is 0 Å². The second-order valence-electron chi connectivity index (χ2n) is 6.89. The van der Waals surface area contributed by atoms with Crippen LogP contribution in [0.3, 0.4) is 0 Å². The highest BCUT2D eigenvalue weighted by Gasteiger charge is 2.57. The molecule has 2 fully saturated rings. The molecule has 2 aliphatic rings. The topological polar surface area (TPSA) is 88.5 Å². The number of anilines is 1. The number of sulfonamides is 1. The summed E-state index contributed by atoms with van der Waals surface area (Å²) in [6.07, 6.45) is -3.28. The van der Waals surface area contributed by atoms with Crippen molar-refractivity contribution in [2.24, 2.45) is 7.05 Å². The highest BCUT2D eigenvalue weighted by Crippen LogP contribution is 2.44. The maximum atomic E-state index is 12.8. The van der Waals surface area contributed by atoms with Crippen molar-refractivity contribution in [1.82, 2.24) is 8.87 Å². The number of nitrogens with zero attached hydrogens (tertiary/aromatic N) is 2. The number of hydrogen-bond acceptors (Lipinski definition) is 4. The third-order valence-electron chi connectivity index (χ3n) is 5.12. The molecular weight excluding hydrogens is 375 g/mol. The van der Waals surface area contributed by atoms with Gasteiger partial charge in [-0.05, 0) is 38.3 Å². The van der Waals surface area contributed by atoms with E-state index in [9.17, 15) is 31.2 Å². The van der Waals surface area contributed by atoms with E-state index >= 15 is 0 Å². The lowest BCUT2D eigenvalue weighted by Crippen LogP contribution is -2.39. The predicted octanol–water partition coefficient (Wildman–Crippen LogP) is 1.30. The van der Waals surface area contributed by atoms with E-state index in [4.69, 9.17) is 0 Å². The molecule has 0 bridgehead atoms. The largest absolute Gasteiger partial charge is 0.431 e. The zero-order valence-corrected chi connectivity index (χ0v) is 14.9. The molecular formula is C15H18F3N3O4S. The minimum absolute atomic E-state index is 0.0854. The zero-order chi connectivity index (χ0) is 19.5. The van der Waals surface area contributed by atoms with E-state index in [1.807, 2.05) is 0 Å². The van der Waals surface area contributed by atoms with Gasteiger partial charge in [-0.1, -0.05) is 0 Å². The van der Waals surface area contributed by atoms with E-state index in [1.54, 1.807) is 6.92 Å². The zero-order valence-electron chi connectivity index (χ0n) is 14.1. The van der Waals surface area contributed by atoms with Gasteiger partial charge in [-0.25, -0.2) is 8.42 Å². The molecule has 0 aliphatic carbocycles. The summed E-state index contributed by atoms with van der Waals surface area (Å²) in [6, 6.07) is 1.51. The number of halogens is 3. The first kappa shape index (κ1) is 18.9. The van der Waals surface area contributed by atoms with Gasteiger partial charge in [0.2, 0.25) is 15.9 Å². The quantitative estimate of drug-likeness (QED) is 0.820. The molecule has 1 N–H and O–H groups in total. The third kappa shape index (κ3) is 2.82. The smallest absolute Gasteiger partial charge is 0.320 e. The molecule has 2 aliphatic heterocycles. The van der Waals surface area contributed by atoms with E-state index in [2.05, 4.69) is 5.32 Å². The maximum absolute atomic E-state index is 12.8. The number of hydrogen-bond donors (Lipinski definition) is 1. The summed E-state index contributed by atoms with van der Waals surface area (Å²) >= 11 is 0. The van der Waals surface area contributed by atoms with E-state index in [1.165, 1.54) is 4.31 Å². The van der Waals surface area contributed by atoms with E-state index in [-0.39, 0.29) is 6.42 Å². The summed E-state index contributed by atoms with van der Waals surface area (Å²) in [6.45, 7) is 2.10. The summed E-state index contributed by atoms with van der Waals surface area (Å²) in [7, 11) is -2.93. The van der Waals surface area contributed by atoms with Crippen LogP contribution >= 0.6 is 0 Å². The van der Waals surface area contributed by atoms with Crippen molar-refractivity contribution in [3.05, 3.63) is 28.2 Å². The normalized spacial score (nSPS) is 28.1. The van der Waals surface area contributed by atoms with Crippen LogP contribution in [0.25, 0.3) is 0 Å². The Morgan fingerprint density at radius 1 is 1.35 bits per heavy atom.